The zero-order valence-corrected chi connectivity index (χ0v) is 8.30. The topological polar surface area (TPSA) is 95.8 Å². The highest BCUT2D eigenvalue weighted by Gasteiger charge is 2.23. The first-order chi connectivity index (χ1) is 7.18. The molecule has 1 aliphatic rings. The molecule has 0 atom stereocenters. The molecule has 1 aromatic heterocycles. The van der Waals surface area contributed by atoms with E-state index in [-0.39, 0.29) is 24.7 Å². The molecule has 7 heteroatoms. The lowest BCUT2D eigenvalue weighted by molar-refractivity contribution is -0.118. The van der Waals surface area contributed by atoms with Crippen molar-refractivity contribution in [2.45, 2.75) is 38.3 Å². The molecule has 0 radical (unpaired) electrons. The minimum absolute atomic E-state index is 0.114. The Hall–Kier alpha value is -1.66. The zero-order chi connectivity index (χ0) is 10.8. The number of hydrogen-bond donors (Lipinski definition) is 1. The molecule has 15 heavy (non-hydrogen) atoms. The van der Waals surface area contributed by atoms with Crippen LogP contribution in [0.15, 0.2) is 4.79 Å². The molecule has 0 aliphatic heterocycles. The molecule has 1 heterocycles. The minimum atomic E-state index is -0.444. The lowest BCUT2D eigenvalue weighted by Crippen LogP contribution is -2.32. The van der Waals surface area contributed by atoms with Crippen molar-refractivity contribution >= 4 is 5.91 Å². The average Bonchev–Trinajstić information content (AvgIpc) is 2.43. The molecule has 0 unspecified atom stereocenters. The number of carbonyl (C=O) groups excluding carboxylic acids is 1. The van der Waals surface area contributed by atoms with E-state index in [4.69, 9.17) is 5.73 Å². The maximum absolute atomic E-state index is 11.7. The van der Waals surface area contributed by atoms with E-state index in [1.807, 2.05) is 0 Å². The van der Waals surface area contributed by atoms with Crippen LogP contribution in [0.1, 0.15) is 31.7 Å². The van der Waals surface area contributed by atoms with Gasteiger partial charge in [-0.05, 0) is 29.7 Å². The van der Waals surface area contributed by atoms with Gasteiger partial charge in [-0.25, -0.2) is 4.79 Å². The number of amides is 1. The van der Waals surface area contributed by atoms with E-state index in [1.54, 1.807) is 0 Å². The van der Waals surface area contributed by atoms with Gasteiger partial charge in [0.25, 0.3) is 0 Å². The lowest BCUT2D eigenvalue weighted by atomic mass is 9.93. The Labute approximate surface area is 85.8 Å². The van der Waals surface area contributed by atoms with Crippen LogP contribution in [0.4, 0.5) is 0 Å². The Balaban J connectivity index is 2.09. The van der Waals surface area contributed by atoms with Gasteiger partial charge in [-0.1, -0.05) is 0 Å². The van der Waals surface area contributed by atoms with Crippen molar-refractivity contribution in [3.8, 4) is 0 Å². The third-order valence-electron chi connectivity index (χ3n) is 2.65. The fraction of sp³-hybridized carbons (Fsp3) is 0.750. The first kappa shape index (κ1) is 9.88. The van der Waals surface area contributed by atoms with Crippen molar-refractivity contribution in [2.75, 3.05) is 0 Å². The predicted octanol–water partition coefficient (Wildman–Crippen LogP) is -0.960. The van der Waals surface area contributed by atoms with Gasteiger partial charge in [0.2, 0.25) is 5.91 Å². The quantitative estimate of drug-likeness (QED) is 0.693. The largest absolute Gasteiger partial charge is 0.370 e. The van der Waals surface area contributed by atoms with Crippen molar-refractivity contribution in [2.24, 2.45) is 5.73 Å². The summed E-state index contributed by atoms with van der Waals surface area (Å²) in [6.45, 7) is 0.209. The van der Waals surface area contributed by atoms with Crippen LogP contribution in [0.5, 0.6) is 0 Å². The summed E-state index contributed by atoms with van der Waals surface area (Å²) in [5, 5.41) is 7.48. The van der Waals surface area contributed by atoms with Gasteiger partial charge in [-0.2, -0.15) is 9.36 Å². The highest BCUT2D eigenvalue weighted by molar-refractivity contribution is 5.73. The lowest BCUT2D eigenvalue weighted by Gasteiger charge is -2.23. The van der Waals surface area contributed by atoms with Crippen LogP contribution in [-0.2, 0) is 11.3 Å². The molecule has 1 amide bonds. The molecule has 1 aliphatic carbocycles. The number of carbonyl (C=O) groups is 1. The molecule has 0 saturated heterocycles. The Morgan fingerprint density at radius 3 is 2.73 bits per heavy atom. The van der Waals surface area contributed by atoms with E-state index in [1.165, 1.54) is 9.36 Å². The fourth-order valence-electron chi connectivity index (χ4n) is 1.50. The van der Waals surface area contributed by atoms with Crippen molar-refractivity contribution in [1.29, 1.82) is 0 Å². The maximum Gasteiger partial charge on any atom is 0.363 e. The number of nitrogens with two attached hydrogens (primary N) is 1. The van der Waals surface area contributed by atoms with E-state index in [0.717, 1.165) is 19.3 Å². The highest BCUT2D eigenvalue weighted by Crippen LogP contribution is 2.28. The molecular weight excluding hydrogens is 198 g/mol. The third kappa shape index (κ3) is 1.90. The van der Waals surface area contributed by atoms with E-state index >= 15 is 0 Å². The summed E-state index contributed by atoms with van der Waals surface area (Å²) >= 11 is 0. The Morgan fingerprint density at radius 2 is 2.20 bits per heavy atom. The third-order valence-corrected chi connectivity index (χ3v) is 2.65. The van der Waals surface area contributed by atoms with Gasteiger partial charge in [0.1, 0.15) is 0 Å². The first-order valence-corrected chi connectivity index (χ1v) is 4.99. The Bertz CT molecular complexity index is 417. The van der Waals surface area contributed by atoms with Crippen LogP contribution >= 0.6 is 0 Å². The van der Waals surface area contributed by atoms with Gasteiger partial charge in [0.15, 0.2) is 0 Å². The molecule has 82 valence electrons. The maximum atomic E-state index is 11.7. The molecule has 1 fully saturated rings. The van der Waals surface area contributed by atoms with Crippen LogP contribution < -0.4 is 11.4 Å². The number of nitrogens with zero attached hydrogens (tertiary/aromatic N) is 4. The molecule has 0 aromatic carbocycles. The standard InChI is InChI=1S/C8H13N5O2/c9-7(14)4-5-12-8(15)13(11-10-12)6-2-1-3-6/h6H,1-5H2,(H2,9,14). The van der Waals surface area contributed by atoms with E-state index in [2.05, 4.69) is 10.4 Å². The van der Waals surface area contributed by atoms with Crippen LogP contribution in [0.25, 0.3) is 0 Å². The molecule has 2 rings (SSSR count). The summed E-state index contributed by atoms with van der Waals surface area (Å²) in [4.78, 5) is 22.2. The second-order valence-electron chi connectivity index (χ2n) is 3.73. The number of rotatable bonds is 4. The molecule has 1 saturated carbocycles. The number of tetrazole rings is 1. The van der Waals surface area contributed by atoms with E-state index in [9.17, 15) is 9.59 Å². The van der Waals surface area contributed by atoms with Crippen molar-refractivity contribution in [3.05, 3.63) is 10.5 Å². The van der Waals surface area contributed by atoms with E-state index < -0.39 is 5.91 Å². The summed E-state index contributed by atoms with van der Waals surface area (Å²) in [7, 11) is 0. The van der Waals surface area contributed by atoms with Crippen LogP contribution in [-0.4, -0.2) is 25.7 Å². The summed E-state index contributed by atoms with van der Waals surface area (Å²) in [5.41, 5.74) is 4.74. The first-order valence-electron chi connectivity index (χ1n) is 4.99. The molecule has 0 bridgehead atoms. The van der Waals surface area contributed by atoms with Gasteiger partial charge in [0.05, 0.1) is 12.6 Å². The Kier molecular flexibility index (Phi) is 2.53. The molecular formula is C8H13N5O2. The van der Waals surface area contributed by atoms with Gasteiger partial charge in [-0.3, -0.25) is 4.79 Å². The highest BCUT2D eigenvalue weighted by atomic mass is 16.2. The predicted molar refractivity (Wildman–Crippen MR) is 51.0 cm³/mol. The Morgan fingerprint density at radius 1 is 1.47 bits per heavy atom. The second kappa shape index (κ2) is 3.84. The number of hydrogen-bond acceptors (Lipinski definition) is 4. The number of primary amides is 1. The fourth-order valence-corrected chi connectivity index (χ4v) is 1.50. The van der Waals surface area contributed by atoms with Crippen LogP contribution in [0.2, 0.25) is 0 Å². The van der Waals surface area contributed by atoms with Gasteiger partial charge >= 0.3 is 5.69 Å². The summed E-state index contributed by atoms with van der Waals surface area (Å²) in [5.74, 6) is -0.444. The normalized spacial score (nSPS) is 16.3. The molecule has 0 spiro atoms. The van der Waals surface area contributed by atoms with Crippen molar-refractivity contribution < 1.29 is 4.79 Å². The zero-order valence-electron chi connectivity index (χ0n) is 8.30. The number of aryl methyl sites for hydroxylation is 1. The monoisotopic (exact) mass is 211 g/mol. The van der Waals surface area contributed by atoms with Crippen LogP contribution in [0, 0.1) is 0 Å². The van der Waals surface area contributed by atoms with E-state index in [0.29, 0.717) is 0 Å². The van der Waals surface area contributed by atoms with Crippen molar-refractivity contribution in [3.63, 3.8) is 0 Å². The molecule has 7 nitrogen and oxygen atoms in total. The average molecular weight is 211 g/mol. The summed E-state index contributed by atoms with van der Waals surface area (Å²) < 4.78 is 2.58. The SMILES string of the molecule is NC(=O)CCn1nnn(C2CCC2)c1=O. The van der Waals surface area contributed by atoms with Gasteiger partial charge < -0.3 is 5.73 Å². The summed E-state index contributed by atoms with van der Waals surface area (Å²) in [6.07, 6.45) is 3.21. The molecule has 1 aromatic rings. The van der Waals surface area contributed by atoms with Gasteiger partial charge in [0, 0.05) is 6.42 Å². The number of aromatic nitrogens is 4. The van der Waals surface area contributed by atoms with Crippen LogP contribution in [0.3, 0.4) is 0 Å². The summed E-state index contributed by atoms with van der Waals surface area (Å²) in [6, 6.07) is 0.194. The smallest absolute Gasteiger partial charge is 0.363 e. The minimum Gasteiger partial charge on any atom is -0.370 e. The van der Waals surface area contributed by atoms with Crippen molar-refractivity contribution in [1.82, 2.24) is 19.8 Å². The second-order valence-corrected chi connectivity index (χ2v) is 3.73. The van der Waals surface area contributed by atoms with Gasteiger partial charge in [-0.15, -0.1) is 0 Å². The molecule has 2 N–H and O–H groups in total.